The summed E-state index contributed by atoms with van der Waals surface area (Å²) in [6.45, 7) is 2.00. The molecule has 0 aromatic heterocycles. The Kier molecular flexibility index (Phi) is 4.20. The summed E-state index contributed by atoms with van der Waals surface area (Å²) in [6.07, 6.45) is 1.98. The Morgan fingerprint density at radius 3 is 2.65 bits per heavy atom. The Bertz CT molecular complexity index is 844. The first-order valence-corrected chi connectivity index (χ1v) is 8.78. The zero-order valence-corrected chi connectivity index (χ0v) is 14.9. The van der Waals surface area contributed by atoms with Crippen molar-refractivity contribution in [2.75, 3.05) is 32.1 Å². The van der Waals surface area contributed by atoms with Gasteiger partial charge in [0, 0.05) is 6.04 Å². The third-order valence-corrected chi connectivity index (χ3v) is 5.11. The largest absolute Gasteiger partial charge is 0.506 e. The number of ether oxygens (including phenoxy) is 2. The molecule has 0 bridgehead atoms. The Labute approximate surface area is 152 Å². The highest BCUT2D eigenvalue weighted by molar-refractivity contribution is 5.94. The van der Waals surface area contributed by atoms with Crippen molar-refractivity contribution in [3.63, 3.8) is 0 Å². The molecule has 1 N–H and O–H groups in total. The summed E-state index contributed by atoms with van der Waals surface area (Å²) in [5.74, 6) is 0.719. The van der Waals surface area contributed by atoms with Crippen molar-refractivity contribution in [2.24, 2.45) is 0 Å². The lowest BCUT2D eigenvalue weighted by Gasteiger charge is -2.42. The van der Waals surface area contributed by atoms with Crippen molar-refractivity contribution in [3.8, 4) is 17.2 Å². The number of hydrogen-bond acceptors (Lipinski definition) is 6. The summed E-state index contributed by atoms with van der Waals surface area (Å²) in [5, 5.41) is 10.7. The van der Waals surface area contributed by atoms with Gasteiger partial charge in [-0.3, -0.25) is 0 Å². The molecule has 1 saturated heterocycles. The molecule has 2 aliphatic rings. The van der Waals surface area contributed by atoms with E-state index in [1.807, 2.05) is 24.3 Å². The number of aromatic hydroxyl groups is 1. The maximum absolute atomic E-state index is 11.9. The lowest BCUT2D eigenvalue weighted by molar-refractivity contribution is 0.0600. The molecule has 2 aromatic carbocycles. The van der Waals surface area contributed by atoms with Crippen LogP contribution in [0.3, 0.4) is 0 Å². The van der Waals surface area contributed by atoms with Crippen molar-refractivity contribution in [1.29, 1.82) is 0 Å². The van der Waals surface area contributed by atoms with Crippen LogP contribution < -0.4 is 9.64 Å². The first-order chi connectivity index (χ1) is 12.6. The second-order valence-electron chi connectivity index (χ2n) is 6.81. The van der Waals surface area contributed by atoms with Gasteiger partial charge in [0.2, 0.25) is 0 Å². The molecule has 2 aromatic rings. The topological polar surface area (TPSA) is 62.2 Å². The molecule has 0 aliphatic carbocycles. The highest BCUT2D eigenvalue weighted by atomic mass is 16.5. The zero-order valence-electron chi connectivity index (χ0n) is 14.9. The fraction of sp³-hybridized carbons (Fsp3) is 0.350. The van der Waals surface area contributed by atoms with E-state index in [0.717, 1.165) is 37.4 Å². The van der Waals surface area contributed by atoms with Gasteiger partial charge in [0.15, 0.2) is 11.5 Å². The van der Waals surface area contributed by atoms with Crippen LogP contribution in [0.4, 0.5) is 11.4 Å². The molecule has 6 heteroatoms. The van der Waals surface area contributed by atoms with Gasteiger partial charge in [-0.15, -0.1) is 0 Å². The van der Waals surface area contributed by atoms with E-state index in [-0.39, 0.29) is 17.4 Å². The number of nitrogens with zero attached hydrogens (tertiary/aromatic N) is 2. The minimum atomic E-state index is -0.503. The number of likely N-dealkylation sites (tertiary alicyclic amines) is 1. The predicted octanol–water partition coefficient (Wildman–Crippen LogP) is 3.52. The SMILES string of the molecule is COC(=O)c1cc(O)c2c(c1)Oc1ccccc1N2C1CCN(C)CC1. The number of methoxy groups -OCH3 is 1. The van der Waals surface area contributed by atoms with Crippen molar-refractivity contribution in [1.82, 2.24) is 4.90 Å². The Morgan fingerprint density at radius 1 is 1.19 bits per heavy atom. The van der Waals surface area contributed by atoms with E-state index < -0.39 is 5.97 Å². The monoisotopic (exact) mass is 354 g/mol. The molecule has 2 heterocycles. The first kappa shape index (κ1) is 16.7. The number of carbonyl (C=O) groups is 1. The quantitative estimate of drug-likeness (QED) is 0.833. The molecular weight excluding hydrogens is 332 g/mol. The molecule has 26 heavy (non-hydrogen) atoms. The van der Waals surface area contributed by atoms with Gasteiger partial charge in [-0.05, 0) is 57.2 Å². The molecule has 0 unspecified atom stereocenters. The van der Waals surface area contributed by atoms with Crippen LogP contribution in [0.1, 0.15) is 23.2 Å². The summed E-state index contributed by atoms with van der Waals surface area (Å²) < 4.78 is 10.8. The summed E-state index contributed by atoms with van der Waals surface area (Å²) in [4.78, 5) is 16.4. The number of phenols is 1. The number of rotatable bonds is 2. The molecular formula is C20H22N2O4. The molecule has 1 fully saturated rings. The molecule has 0 saturated carbocycles. The maximum atomic E-state index is 11.9. The predicted molar refractivity (Wildman–Crippen MR) is 98.6 cm³/mol. The number of carbonyl (C=O) groups excluding carboxylic acids is 1. The molecule has 0 atom stereocenters. The number of anilines is 2. The third kappa shape index (κ3) is 2.76. The van der Waals surface area contributed by atoms with Crippen molar-refractivity contribution in [2.45, 2.75) is 18.9 Å². The van der Waals surface area contributed by atoms with E-state index in [9.17, 15) is 9.90 Å². The number of para-hydroxylation sites is 2. The zero-order chi connectivity index (χ0) is 18.3. The van der Waals surface area contributed by atoms with Gasteiger partial charge in [-0.1, -0.05) is 12.1 Å². The second kappa shape index (κ2) is 6.53. The third-order valence-electron chi connectivity index (χ3n) is 5.11. The van der Waals surface area contributed by atoms with Crippen LogP contribution in [0.15, 0.2) is 36.4 Å². The standard InChI is InChI=1S/C20H22N2O4/c1-21-9-7-14(8-10-21)22-15-5-3-4-6-17(15)26-18-12-13(20(24)25-2)11-16(23)19(18)22/h3-6,11-12,14,23H,7-10H2,1-2H3. The summed E-state index contributed by atoms with van der Waals surface area (Å²) >= 11 is 0. The highest BCUT2D eigenvalue weighted by Crippen LogP contribution is 2.52. The van der Waals surface area contributed by atoms with Gasteiger partial charge in [0.05, 0.1) is 18.4 Å². The van der Waals surface area contributed by atoms with E-state index in [1.165, 1.54) is 13.2 Å². The van der Waals surface area contributed by atoms with Crippen LogP contribution in [0.2, 0.25) is 0 Å². The van der Waals surface area contributed by atoms with Crippen molar-refractivity contribution >= 4 is 17.3 Å². The van der Waals surface area contributed by atoms with E-state index in [4.69, 9.17) is 9.47 Å². The highest BCUT2D eigenvalue weighted by Gasteiger charge is 2.34. The summed E-state index contributed by atoms with van der Waals surface area (Å²) in [7, 11) is 3.44. The van der Waals surface area contributed by atoms with E-state index >= 15 is 0 Å². The number of hydrogen-bond donors (Lipinski definition) is 1. The maximum Gasteiger partial charge on any atom is 0.338 e. The fourth-order valence-electron chi connectivity index (χ4n) is 3.76. The van der Waals surface area contributed by atoms with Gasteiger partial charge in [0.1, 0.15) is 11.4 Å². The van der Waals surface area contributed by atoms with Gasteiger partial charge in [0.25, 0.3) is 0 Å². The summed E-state index contributed by atoms with van der Waals surface area (Å²) in [5.41, 5.74) is 1.83. The average molecular weight is 354 g/mol. The molecule has 6 nitrogen and oxygen atoms in total. The fourth-order valence-corrected chi connectivity index (χ4v) is 3.76. The second-order valence-corrected chi connectivity index (χ2v) is 6.81. The molecule has 4 rings (SSSR count). The van der Waals surface area contributed by atoms with Crippen LogP contribution in [0, 0.1) is 0 Å². The van der Waals surface area contributed by atoms with E-state index in [0.29, 0.717) is 11.4 Å². The Balaban J connectivity index is 1.83. The number of esters is 1. The first-order valence-electron chi connectivity index (χ1n) is 8.78. The minimum Gasteiger partial charge on any atom is -0.506 e. The molecule has 0 spiro atoms. The lowest BCUT2D eigenvalue weighted by atomic mass is 9.99. The van der Waals surface area contributed by atoms with Crippen LogP contribution in [-0.4, -0.2) is 49.3 Å². The van der Waals surface area contributed by atoms with E-state index in [1.54, 1.807) is 6.07 Å². The number of piperidine rings is 1. The van der Waals surface area contributed by atoms with Gasteiger partial charge in [-0.2, -0.15) is 0 Å². The smallest absolute Gasteiger partial charge is 0.338 e. The Hall–Kier alpha value is -2.73. The average Bonchev–Trinajstić information content (AvgIpc) is 2.66. The van der Waals surface area contributed by atoms with Crippen LogP contribution >= 0.6 is 0 Å². The molecule has 0 radical (unpaired) electrons. The van der Waals surface area contributed by atoms with Crippen LogP contribution in [0.5, 0.6) is 17.2 Å². The Morgan fingerprint density at radius 2 is 1.92 bits per heavy atom. The molecule has 0 amide bonds. The lowest BCUT2D eigenvalue weighted by Crippen LogP contribution is -2.42. The van der Waals surface area contributed by atoms with Crippen molar-refractivity contribution in [3.05, 3.63) is 42.0 Å². The van der Waals surface area contributed by atoms with Gasteiger partial charge < -0.3 is 24.4 Å². The van der Waals surface area contributed by atoms with Gasteiger partial charge in [-0.25, -0.2) is 4.79 Å². The number of benzene rings is 2. The number of phenolic OH excluding ortho intramolecular Hbond substituents is 1. The normalized spacial score (nSPS) is 17.2. The van der Waals surface area contributed by atoms with Crippen LogP contribution in [-0.2, 0) is 4.74 Å². The minimum absolute atomic E-state index is 0.0244. The number of fused-ring (bicyclic) bond motifs is 2. The van der Waals surface area contributed by atoms with E-state index in [2.05, 4.69) is 16.8 Å². The van der Waals surface area contributed by atoms with Gasteiger partial charge >= 0.3 is 5.97 Å². The summed E-state index contributed by atoms with van der Waals surface area (Å²) in [6, 6.07) is 11.1. The molecule has 2 aliphatic heterocycles. The molecule has 136 valence electrons. The van der Waals surface area contributed by atoms with Crippen LogP contribution in [0.25, 0.3) is 0 Å². The van der Waals surface area contributed by atoms with Crippen molar-refractivity contribution < 1.29 is 19.4 Å².